The van der Waals surface area contributed by atoms with Gasteiger partial charge in [-0.05, 0) is 31.5 Å². The summed E-state index contributed by atoms with van der Waals surface area (Å²) >= 11 is 0. The molecule has 2 rings (SSSR count). The van der Waals surface area contributed by atoms with E-state index in [4.69, 9.17) is 5.26 Å². The lowest BCUT2D eigenvalue weighted by Gasteiger charge is -2.10. The van der Waals surface area contributed by atoms with Crippen molar-refractivity contribution >= 4 is 0 Å². The molecule has 0 radical (unpaired) electrons. The van der Waals surface area contributed by atoms with Gasteiger partial charge in [-0.15, -0.1) is 0 Å². The smallest absolute Gasteiger partial charge is 0.141 e. The Morgan fingerprint density at radius 3 is 2.63 bits per heavy atom. The van der Waals surface area contributed by atoms with Crippen molar-refractivity contribution < 1.29 is 0 Å². The van der Waals surface area contributed by atoms with Gasteiger partial charge in [0.05, 0.1) is 18.2 Å². The molecule has 0 aliphatic rings. The van der Waals surface area contributed by atoms with Gasteiger partial charge in [0.2, 0.25) is 0 Å². The maximum absolute atomic E-state index is 8.73. The highest BCUT2D eigenvalue weighted by molar-refractivity contribution is 5.31. The SMILES string of the molecule is CC(C)n1ncnc1CNCc1ccc(C#N)cc1. The maximum Gasteiger partial charge on any atom is 0.141 e. The van der Waals surface area contributed by atoms with Crippen LogP contribution >= 0.6 is 0 Å². The van der Waals surface area contributed by atoms with E-state index >= 15 is 0 Å². The first kappa shape index (κ1) is 13.2. The van der Waals surface area contributed by atoms with Gasteiger partial charge in [0.25, 0.3) is 0 Å². The van der Waals surface area contributed by atoms with Gasteiger partial charge in [-0.3, -0.25) is 0 Å². The first-order valence-corrected chi connectivity index (χ1v) is 6.29. The van der Waals surface area contributed by atoms with Gasteiger partial charge in [-0.1, -0.05) is 12.1 Å². The summed E-state index contributed by atoms with van der Waals surface area (Å²) in [5.74, 6) is 0.934. The number of nitrogens with zero attached hydrogens (tertiary/aromatic N) is 4. The third-order valence-electron chi connectivity index (χ3n) is 2.83. The molecule has 5 heteroatoms. The molecule has 0 amide bonds. The molecule has 5 nitrogen and oxygen atoms in total. The molecule has 0 aliphatic heterocycles. The highest BCUT2D eigenvalue weighted by atomic mass is 15.3. The van der Waals surface area contributed by atoms with E-state index in [1.165, 1.54) is 0 Å². The van der Waals surface area contributed by atoms with Gasteiger partial charge in [0, 0.05) is 12.6 Å². The normalized spacial score (nSPS) is 10.6. The van der Waals surface area contributed by atoms with E-state index in [1.54, 1.807) is 6.33 Å². The van der Waals surface area contributed by atoms with Crippen molar-refractivity contribution in [3.8, 4) is 6.07 Å². The van der Waals surface area contributed by atoms with Crippen molar-refractivity contribution in [2.45, 2.75) is 33.0 Å². The fourth-order valence-electron chi connectivity index (χ4n) is 1.85. The van der Waals surface area contributed by atoms with Gasteiger partial charge in [0.15, 0.2) is 0 Å². The number of benzene rings is 1. The molecule has 0 saturated carbocycles. The molecule has 0 unspecified atom stereocenters. The van der Waals surface area contributed by atoms with Gasteiger partial charge < -0.3 is 5.32 Å². The van der Waals surface area contributed by atoms with Gasteiger partial charge in [-0.25, -0.2) is 9.67 Å². The van der Waals surface area contributed by atoms with Crippen molar-refractivity contribution in [2.24, 2.45) is 0 Å². The van der Waals surface area contributed by atoms with E-state index in [9.17, 15) is 0 Å². The Morgan fingerprint density at radius 1 is 1.26 bits per heavy atom. The fourth-order valence-corrected chi connectivity index (χ4v) is 1.85. The summed E-state index contributed by atoms with van der Waals surface area (Å²) in [6.07, 6.45) is 1.58. The lowest BCUT2D eigenvalue weighted by atomic mass is 10.1. The summed E-state index contributed by atoms with van der Waals surface area (Å²) in [5, 5.41) is 16.3. The lowest BCUT2D eigenvalue weighted by molar-refractivity contribution is 0.490. The topological polar surface area (TPSA) is 66.5 Å². The second-order valence-corrected chi connectivity index (χ2v) is 4.63. The Balaban J connectivity index is 1.89. The molecule has 0 spiro atoms. The zero-order valence-electron chi connectivity index (χ0n) is 11.2. The van der Waals surface area contributed by atoms with E-state index in [2.05, 4.69) is 35.3 Å². The van der Waals surface area contributed by atoms with Crippen molar-refractivity contribution in [2.75, 3.05) is 0 Å². The molecule has 19 heavy (non-hydrogen) atoms. The van der Waals surface area contributed by atoms with Crippen LogP contribution in [0.3, 0.4) is 0 Å². The van der Waals surface area contributed by atoms with E-state index in [1.807, 2.05) is 28.9 Å². The second kappa shape index (κ2) is 6.12. The largest absolute Gasteiger partial charge is 0.306 e. The predicted octanol–water partition coefficient (Wildman–Crippen LogP) is 2.02. The van der Waals surface area contributed by atoms with Crippen LogP contribution in [0.15, 0.2) is 30.6 Å². The van der Waals surface area contributed by atoms with Crippen LogP contribution in [0.5, 0.6) is 0 Å². The molecule has 2 aromatic rings. The van der Waals surface area contributed by atoms with Crippen LogP contribution < -0.4 is 5.32 Å². The average molecular weight is 255 g/mol. The summed E-state index contributed by atoms with van der Waals surface area (Å²) in [6, 6.07) is 9.99. The molecule has 0 fully saturated rings. The highest BCUT2D eigenvalue weighted by Crippen LogP contribution is 2.06. The van der Waals surface area contributed by atoms with Crippen LogP contribution in [0.25, 0.3) is 0 Å². The summed E-state index contributed by atoms with van der Waals surface area (Å²) in [7, 11) is 0. The third kappa shape index (κ3) is 3.39. The summed E-state index contributed by atoms with van der Waals surface area (Å²) in [6.45, 7) is 5.59. The van der Waals surface area contributed by atoms with Crippen LogP contribution in [-0.4, -0.2) is 14.8 Å². The predicted molar refractivity (Wildman–Crippen MR) is 72.1 cm³/mol. The average Bonchev–Trinajstić information content (AvgIpc) is 2.88. The quantitative estimate of drug-likeness (QED) is 0.887. The minimum atomic E-state index is 0.314. The maximum atomic E-state index is 8.73. The van der Waals surface area contributed by atoms with Crippen molar-refractivity contribution in [1.29, 1.82) is 5.26 Å². The van der Waals surface area contributed by atoms with Crippen LogP contribution in [0, 0.1) is 11.3 Å². The Bertz CT molecular complexity index is 562. The molecule has 0 aliphatic carbocycles. The number of rotatable bonds is 5. The molecule has 1 N–H and O–H groups in total. The number of nitriles is 1. The van der Waals surface area contributed by atoms with Crippen molar-refractivity contribution in [3.05, 3.63) is 47.5 Å². The van der Waals surface area contributed by atoms with Gasteiger partial charge in [0.1, 0.15) is 12.2 Å². The zero-order valence-corrected chi connectivity index (χ0v) is 11.2. The van der Waals surface area contributed by atoms with Crippen LogP contribution in [-0.2, 0) is 13.1 Å². The molecular weight excluding hydrogens is 238 g/mol. The first-order chi connectivity index (χ1) is 9.20. The Kier molecular flexibility index (Phi) is 4.26. The molecular formula is C14H17N5. The van der Waals surface area contributed by atoms with Crippen molar-refractivity contribution in [1.82, 2.24) is 20.1 Å². The summed E-state index contributed by atoms with van der Waals surface area (Å²) in [4.78, 5) is 4.24. The second-order valence-electron chi connectivity index (χ2n) is 4.63. The molecule has 1 aromatic heterocycles. The van der Waals surface area contributed by atoms with E-state index < -0.39 is 0 Å². The molecule has 1 aromatic carbocycles. The third-order valence-corrected chi connectivity index (χ3v) is 2.83. The number of nitrogens with one attached hydrogen (secondary N) is 1. The zero-order chi connectivity index (χ0) is 13.7. The first-order valence-electron chi connectivity index (χ1n) is 6.29. The van der Waals surface area contributed by atoms with Crippen LogP contribution in [0.4, 0.5) is 0 Å². The number of aromatic nitrogens is 3. The van der Waals surface area contributed by atoms with Crippen LogP contribution in [0.2, 0.25) is 0 Å². The number of hydrogen-bond donors (Lipinski definition) is 1. The Morgan fingerprint density at radius 2 is 2.00 bits per heavy atom. The van der Waals surface area contributed by atoms with Crippen molar-refractivity contribution in [3.63, 3.8) is 0 Å². The standard InChI is InChI=1S/C14H17N5/c1-11(2)19-14(17-10-18-19)9-16-8-13-5-3-12(7-15)4-6-13/h3-6,10-11,16H,8-9H2,1-2H3. The summed E-state index contributed by atoms with van der Waals surface area (Å²) < 4.78 is 1.91. The monoisotopic (exact) mass is 255 g/mol. The van der Waals surface area contributed by atoms with E-state index in [-0.39, 0.29) is 0 Å². The lowest BCUT2D eigenvalue weighted by Crippen LogP contribution is -2.18. The van der Waals surface area contributed by atoms with E-state index in [0.717, 1.165) is 17.9 Å². The molecule has 1 heterocycles. The van der Waals surface area contributed by atoms with Gasteiger partial charge >= 0.3 is 0 Å². The minimum Gasteiger partial charge on any atom is -0.306 e. The molecule has 0 bridgehead atoms. The fraction of sp³-hybridized carbons (Fsp3) is 0.357. The van der Waals surface area contributed by atoms with Crippen LogP contribution in [0.1, 0.15) is 36.8 Å². The van der Waals surface area contributed by atoms with Gasteiger partial charge in [-0.2, -0.15) is 10.4 Å². The Labute approximate surface area is 112 Å². The molecule has 0 saturated heterocycles. The summed E-state index contributed by atoms with van der Waals surface area (Å²) in [5.41, 5.74) is 1.83. The van der Waals surface area contributed by atoms with E-state index in [0.29, 0.717) is 18.2 Å². The highest BCUT2D eigenvalue weighted by Gasteiger charge is 2.06. The minimum absolute atomic E-state index is 0.314. The number of hydrogen-bond acceptors (Lipinski definition) is 4. The Hall–Kier alpha value is -2.19. The molecule has 0 atom stereocenters. The molecule has 98 valence electrons.